The number of esters is 2. The fourth-order valence-electron chi connectivity index (χ4n) is 5.66. The maximum atomic E-state index is 13.3. The van der Waals surface area contributed by atoms with Crippen LogP contribution in [-0.2, 0) is 58.9 Å². The summed E-state index contributed by atoms with van der Waals surface area (Å²) in [5, 5.41) is 0. The molecule has 2 atom stereocenters. The van der Waals surface area contributed by atoms with Gasteiger partial charge in [0.1, 0.15) is 12.1 Å². The molecule has 2 unspecified atom stereocenters. The van der Waals surface area contributed by atoms with Gasteiger partial charge in [0.05, 0.1) is 13.2 Å². The molecule has 0 N–H and O–H groups in total. The largest absolute Gasteiger partial charge is 0.501 e. The summed E-state index contributed by atoms with van der Waals surface area (Å²) in [6.07, 6.45) is 1.63. The number of carbonyl (C=O) groups excluding carboxylic acids is 2. The molecule has 1 rings (SSSR count). The van der Waals surface area contributed by atoms with Crippen molar-refractivity contribution in [2.45, 2.75) is 112 Å². The lowest BCUT2D eigenvalue weighted by atomic mass is 10.3. The smallest absolute Gasteiger partial charge is 0.464 e. The predicted octanol–water partition coefficient (Wildman–Crippen LogP) is 4.44. The summed E-state index contributed by atoms with van der Waals surface area (Å²) in [5.74, 6) is -0.932. The molecule has 0 radical (unpaired) electrons. The van der Waals surface area contributed by atoms with Crippen molar-refractivity contribution >= 4 is 38.4 Å². The normalized spacial score (nSPS) is 18.2. The van der Waals surface area contributed by atoms with Crippen LogP contribution >= 0.6 is 0 Å². The van der Waals surface area contributed by atoms with Gasteiger partial charge in [0.25, 0.3) is 0 Å². The monoisotopic (exact) mass is 743 g/mol. The van der Waals surface area contributed by atoms with E-state index in [0.29, 0.717) is 103 Å². The second kappa shape index (κ2) is 25.2. The highest BCUT2D eigenvalue weighted by Crippen LogP contribution is 2.33. The van der Waals surface area contributed by atoms with Crippen LogP contribution in [0.4, 0.5) is 0 Å². The third kappa shape index (κ3) is 15.2. The van der Waals surface area contributed by atoms with Crippen LogP contribution in [0, 0.1) is 0 Å². The van der Waals surface area contributed by atoms with Crippen LogP contribution in [0.15, 0.2) is 0 Å². The molecule has 0 aromatic heterocycles. The molecule has 0 aromatic carbocycles. The minimum Gasteiger partial charge on any atom is -0.464 e. The molecule has 1 aliphatic heterocycles. The van der Waals surface area contributed by atoms with Crippen LogP contribution in [0.25, 0.3) is 0 Å². The van der Waals surface area contributed by atoms with E-state index in [4.69, 9.17) is 49.3 Å². The molecule has 284 valence electrons. The molecular formula is C31H65NO13Si3. The van der Waals surface area contributed by atoms with Crippen LogP contribution in [-0.4, -0.2) is 135 Å². The molecule has 0 amide bonds. The van der Waals surface area contributed by atoms with E-state index in [-0.39, 0.29) is 13.2 Å². The highest BCUT2D eigenvalue weighted by molar-refractivity contribution is 6.61. The highest BCUT2D eigenvalue weighted by atomic mass is 28.4. The third-order valence-electron chi connectivity index (χ3n) is 7.33. The Morgan fingerprint density at radius 3 is 0.938 bits per heavy atom. The van der Waals surface area contributed by atoms with Gasteiger partial charge in [-0.05, 0) is 88.1 Å². The summed E-state index contributed by atoms with van der Waals surface area (Å²) in [5.41, 5.74) is 0. The molecule has 17 heteroatoms. The molecule has 14 nitrogen and oxygen atoms in total. The van der Waals surface area contributed by atoms with Crippen molar-refractivity contribution in [2.75, 3.05) is 79.2 Å². The lowest BCUT2D eigenvalue weighted by molar-refractivity contribution is -0.147. The van der Waals surface area contributed by atoms with E-state index < -0.39 is 50.4 Å². The Balaban J connectivity index is 2.92. The summed E-state index contributed by atoms with van der Waals surface area (Å²) in [7, 11) is -8.61. The first kappa shape index (κ1) is 45.2. The van der Waals surface area contributed by atoms with Crippen LogP contribution in [0.2, 0.25) is 18.1 Å². The molecule has 0 spiro atoms. The zero-order chi connectivity index (χ0) is 35.9. The Morgan fingerprint density at radius 1 is 0.438 bits per heavy atom. The average Bonchev–Trinajstić information content (AvgIpc) is 3.77. The van der Waals surface area contributed by atoms with Crippen LogP contribution in [0.1, 0.15) is 81.6 Å². The second-order valence-electron chi connectivity index (χ2n) is 10.7. The first-order valence-corrected chi connectivity index (χ1v) is 23.8. The summed E-state index contributed by atoms with van der Waals surface area (Å²) < 4.78 is 64.8. The number of nitrogens with zero attached hydrogens (tertiary/aromatic N) is 1. The summed E-state index contributed by atoms with van der Waals surface area (Å²) >= 11 is 0. The average molecular weight is 744 g/mol. The minimum atomic E-state index is -2.88. The molecule has 1 heterocycles. The van der Waals surface area contributed by atoms with E-state index in [1.165, 1.54) is 0 Å². The Bertz CT molecular complexity index is 772. The van der Waals surface area contributed by atoms with Gasteiger partial charge in [-0.25, -0.2) is 0 Å². The number of hydrogen-bond acceptors (Lipinski definition) is 14. The fourth-order valence-corrected chi connectivity index (χ4v) is 13.4. The maximum Gasteiger partial charge on any atom is 0.501 e. The number of hydrogen-bond donors (Lipinski definition) is 0. The minimum absolute atomic E-state index is 0.154. The van der Waals surface area contributed by atoms with E-state index in [1.54, 1.807) is 0 Å². The van der Waals surface area contributed by atoms with Crippen molar-refractivity contribution in [1.82, 2.24) is 4.90 Å². The number of carbonyl (C=O) groups is 2. The molecule has 1 aliphatic rings. The van der Waals surface area contributed by atoms with Crippen molar-refractivity contribution < 1.29 is 58.9 Å². The zero-order valence-electron chi connectivity index (χ0n) is 31.1. The van der Waals surface area contributed by atoms with E-state index in [1.807, 2.05) is 67.2 Å². The lowest BCUT2D eigenvalue weighted by Crippen LogP contribution is -2.46. The van der Waals surface area contributed by atoms with Crippen LogP contribution < -0.4 is 0 Å². The van der Waals surface area contributed by atoms with Gasteiger partial charge >= 0.3 is 38.4 Å². The second-order valence-corrected chi connectivity index (χ2v) is 18.9. The van der Waals surface area contributed by atoms with E-state index in [2.05, 4.69) is 0 Å². The van der Waals surface area contributed by atoms with Gasteiger partial charge in [0.15, 0.2) is 0 Å². The topological polar surface area (TPSA) is 139 Å². The van der Waals surface area contributed by atoms with Gasteiger partial charge in [0, 0.05) is 77.6 Å². The third-order valence-corrected chi connectivity index (χ3v) is 16.8. The number of ether oxygens (including phenoxy) is 2. The van der Waals surface area contributed by atoms with Gasteiger partial charge in [-0.3, -0.25) is 14.5 Å². The van der Waals surface area contributed by atoms with Crippen LogP contribution in [0.5, 0.6) is 0 Å². The molecular weight excluding hydrogens is 679 g/mol. The molecule has 48 heavy (non-hydrogen) atoms. The summed E-state index contributed by atoms with van der Waals surface area (Å²) in [6.45, 7) is 22.2. The first-order valence-electron chi connectivity index (χ1n) is 18.0. The van der Waals surface area contributed by atoms with Gasteiger partial charge in [-0.1, -0.05) is 0 Å². The summed E-state index contributed by atoms with van der Waals surface area (Å²) in [4.78, 5) is 28.4. The lowest BCUT2D eigenvalue weighted by Gasteiger charge is -2.28. The van der Waals surface area contributed by atoms with Crippen molar-refractivity contribution in [3.05, 3.63) is 0 Å². The number of rotatable bonds is 32. The van der Waals surface area contributed by atoms with Crippen molar-refractivity contribution in [3.63, 3.8) is 0 Å². The molecule has 0 bridgehead atoms. The Hall–Kier alpha value is -0.809. The Morgan fingerprint density at radius 2 is 0.688 bits per heavy atom. The molecule has 1 saturated heterocycles. The zero-order valence-corrected chi connectivity index (χ0v) is 34.1. The van der Waals surface area contributed by atoms with Crippen molar-refractivity contribution in [2.24, 2.45) is 0 Å². The standard InChI is InChI=1S/C31H65NO13Si3/c1-10-37-46(38-11-2,39-12-3)25-19-22-32-28(30(33)35-23-20-26-47(40-13-4,41-14-5)42-15-6)29(32)31(34)36-24-21-27-48(43-16-7,44-17-8)45-18-9/h28-29H,10-27H2,1-9H3. The van der Waals surface area contributed by atoms with Crippen molar-refractivity contribution in [1.29, 1.82) is 0 Å². The SMILES string of the molecule is CCO[Si](CCCOC(=O)C1C(C(=O)OCCC[Si](OCC)(OCC)OCC)N1CCC[Si](OCC)(OCC)OCC)(OCC)OCC. The molecule has 0 aromatic rings. The van der Waals surface area contributed by atoms with E-state index in [9.17, 15) is 9.59 Å². The highest BCUT2D eigenvalue weighted by Gasteiger charge is 2.59. The van der Waals surface area contributed by atoms with Gasteiger partial charge in [-0.2, -0.15) is 0 Å². The summed E-state index contributed by atoms with van der Waals surface area (Å²) in [6, 6.07) is 0.114. The van der Waals surface area contributed by atoms with Gasteiger partial charge in [0.2, 0.25) is 0 Å². The van der Waals surface area contributed by atoms with E-state index in [0.717, 1.165) is 0 Å². The molecule has 1 fully saturated rings. The van der Waals surface area contributed by atoms with E-state index >= 15 is 0 Å². The first-order chi connectivity index (χ1) is 23.2. The maximum absolute atomic E-state index is 13.3. The molecule has 0 aliphatic carbocycles. The fraction of sp³-hybridized carbons (Fsp3) is 0.935. The predicted molar refractivity (Wildman–Crippen MR) is 186 cm³/mol. The van der Waals surface area contributed by atoms with Crippen molar-refractivity contribution in [3.8, 4) is 0 Å². The Labute approximate surface area is 292 Å². The van der Waals surface area contributed by atoms with Gasteiger partial charge in [-0.15, -0.1) is 0 Å². The quantitative estimate of drug-likeness (QED) is 0.0415. The van der Waals surface area contributed by atoms with Crippen LogP contribution in [0.3, 0.4) is 0 Å². The molecule has 0 saturated carbocycles. The Kier molecular flexibility index (Phi) is 23.7. The van der Waals surface area contributed by atoms with Gasteiger partial charge < -0.3 is 49.3 Å².